The van der Waals surface area contributed by atoms with E-state index in [1.165, 1.54) is 22.7 Å². The van der Waals surface area contributed by atoms with Crippen LogP contribution in [-0.2, 0) is 0 Å². The molecule has 1 unspecified atom stereocenters. The zero-order chi connectivity index (χ0) is 12.5. The van der Waals surface area contributed by atoms with E-state index in [9.17, 15) is 0 Å². The van der Waals surface area contributed by atoms with Gasteiger partial charge in [0.1, 0.15) is 0 Å². The van der Waals surface area contributed by atoms with Gasteiger partial charge in [0.05, 0.1) is 0 Å². The molecule has 1 aliphatic rings. The number of hydrogen-bond acceptors (Lipinski definition) is 3. The third-order valence-corrected chi connectivity index (χ3v) is 4.72. The molecule has 1 atom stereocenters. The smallest absolute Gasteiger partial charge is 0.0414 e. The Morgan fingerprint density at radius 1 is 1.41 bits per heavy atom. The molecule has 2 nitrogen and oxygen atoms in total. The Kier molecular flexibility index (Phi) is 3.91. The van der Waals surface area contributed by atoms with Gasteiger partial charge >= 0.3 is 0 Å². The fourth-order valence-electron chi connectivity index (χ4n) is 2.54. The van der Waals surface area contributed by atoms with Gasteiger partial charge < -0.3 is 5.32 Å². The van der Waals surface area contributed by atoms with Gasteiger partial charge in [-0.2, -0.15) is 0 Å². The van der Waals surface area contributed by atoms with Crippen LogP contribution in [0.2, 0.25) is 0 Å². The van der Waals surface area contributed by atoms with E-state index in [1.807, 2.05) is 11.3 Å². The highest BCUT2D eigenvalue weighted by Gasteiger charge is 2.27. The van der Waals surface area contributed by atoms with Gasteiger partial charge in [0.2, 0.25) is 0 Å². The molecule has 0 amide bonds. The molecule has 3 heteroatoms. The second kappa shape index (κ2) is 5.09. The van der Waals surface area contributed by atoms with Crippen LogP contribution in [0.3, 0.4) is 0 Å². The van der Waals surface area contributed by atoms with Crippen molar-refractivity contribution in [2.24, 2.45) is 0 Å². The molecular weight excluding hydrogens is 228 g/mol. The standard InChI is InChI=1S/C14H24N2S/c1-11-6-7-13(17-11)12(2)16-9-5-8-15-14(3,4)10-16/h6-7,12,15H,5,8-10H2,1-4H3. The molecule has 0 aromatic carbocycles. The summed E-state index contributed by atoms with van der Waals surface area (Å²) in [4.78, 5) is 5.53. The van der Waals surface area contributed by atoms with Crippen molar-refractivity contribution >= 4 is 11.3 Å². The van der Waals surface area contributed by atoms with E-state index in [0.717, 1.165) is 13.1 Å². The Labute approximate surface area is 109 Å². The van der Waals surface area contributed by atoms with Crippen LogP contribution >= 0.6 is 11.3 Å². The summed E-state index contributed by atoms with van der Waals surface area (Å²) in [6, 6.07) is 5.07. The molecule has 0 radical (unpaired) electrons. The van der Waals surface area contributed by atoms with Crippen LogP contribution in [0.5, 0.6) is 0 Å². The van der Waals surface area contributed by atoms with E-state index in [4.69, 9.17) is 0 Å². The topological polar surface area (TPSA) is 15.3 Å². The number of aryl methyl sites for hydroxylation is 1. The molecular formula is C14H24N2S. The molecule has 0 saturated carbocycles. The van der Waals surface area contributed by atoms with Crippen molar-refractivity contribution in [3.63, 3.8) is 0 Å². The minimum absolute atomic E-state index is 0.233. The van der Waals surface area contributed by atoms with Gasteiger partial charge in [-0.15, -0.1) is 11.3 Å². The van der Waals surface area contributed by atoms with Crippen molar-refractivity contribution < 1.29 is 0 Å². The summed E-state index contributed by atoms with van der Waals surface area (Å²) in [6.45, 7) is 12.6. The quantitative estimate of drug-likeness (QED) is 0.869. The monoisotopic (exact) mass is 252 g/mol. The molecule has 17 heavy (non-hydrogen) atoms. The predicted octanol–water partition coefficient (Wildman–Crippen LogP) is 3.19. The summed E-state index contributed by atoms with van der Waals surface area (Å²) >= 11 is 1.93. The van der Waals surface area contributed by atoms with Crippen LogP contribution in [0.25, 0.3) is 0 Å². The molecule has 2 heterocycles. The van der Waals surface area contributed by atoms with Crippen molar-refractivity contribution in [2.75, 3.05) is 19.6 Å². The second-order valence-electron chi connectivity index (χ2n) is 5.76. The molecule has 1 saturated heterocycles. The first-order valence-electron chi connectivity index (χ1n) is 6.53. The highest BCUT2D eigenvalue weighted by atomic mass is 32.1. The SMILES string of the molecule is Cc1ccc(C(C)N2CCCNC(C)(C)C2)s1. The second-order valence-corrected chi connectivity index (χ2v) is 7.08. The summed E-state index contributed by atoms with van der Waals surface area (Å²) in [5.74, 6) is 0. The zero-order valence-corrected chi connectivity index (χ0v) is 12.2. The Morgan fingerprint density at radius 2 is 2.18 bits per heavy atom. The molecule has 0 bridgehead atoms. The van der Waals surface area contributed by atoms with Crippen molar-refractivity contribution in [2.45, 2.75) is 45.7 Å². The average molecular weight is 252 g/mol. The number of rotatable bonds is 2. The lowest BCUT2D eigenvalue weighted by molar-refractivity contribution is 0.182. The molecule has 1 N–H and O–H groups in total. The maximum Gasteiger partial charge on any atom is 0.0414 e. The fraction of sp³-hybridized carbons (Fsp3) is 0.714. The lowest BCUT2D eigenvalue weighted by Gasteiger charge is -2.33. The van der Waals surface area contributed by atoms with E-state index in [2.05, 4.69) is 50.0 Å². The van der Waals surface area contributed by atoms with Gasteiger partial charge in [-0.3, -0.25) is 4.90 Å². The molecule has 96 valence electrons. The number of hydrogen-bond donors (Lipinski definition) is 1. The van der Waals surface area contributed by atoms with Crippen molar-refractivity contribution in [1.82, 2.24) is 10.2 Å². The summed E-state index contributed by atoms with van der Waals surface area (Å²) in [7, 11) is 0. The maximum atomic E-state index is 3.62. The van der Waals surface area contributed by atoms with Crippen molar-refractivity contribution in [3.05, 3.63) is 21.9 Å². The fourth-order valence-corrected chi connectivity index (χ4v) is 3.50. The van der Waals surface area contributed by atoms with Gasteiger partial charge in [-0.25, -0.2) is 0 Å². The first-order valence-corrected chi connectivity index (χ1v) is 7.35. The first-order chi connectivity index (χ1) is 7.98. The number of thiophene rings is 1. The van der Waals surface area contributed by atoms with Crippen molar-refractivity contribution in [3.8, 4) is 0 Å². The molecule has 1 fully saturated rings. The Bertz CT molecular complexity index is 370. The van der Waals surface area contributed by atoms with Gasteiger partial charge in [0.15, 0.2) is 0 Å². The van der Waals surface area contributed by atoms with E-state index in [0.29, 0.717) is 6.04 Å². The van der Waals surface area contributed by atoms with Crippen LogP contribution in [0.15, 0.2) is 12.1 Å². The molecule has 2 rings (SSSR count). The van der Waals surface area contributed by atoms with Gasteiger partial charge in [0.25, 0.3) is 0 Å². The minimum atomic E-state index is 0.233. The molecule has 0 spiro atoms. The summed E-state index contributed by atoms with van der Waals surface area (Å²) in [5.41, 5.74) is 0.233. The highest BCUT2D eigenvalue weighted by molar-refractivity contribution is 7.12. The van der Waals surface area contributed by atoms with E-state index < -0.39 is 0 Å². The third-order valence-electron chi connectivity index (χ3n) is 3.54. The molecule has 1 aromatic rings. The third kappa shape index (κ3) is 3.30. The van der Waals surface area contributed by atoms with Gasteiger partial charge in [-0.05, 0) is 52.8 Å². The summed E-state index contributed by atoms with van der Waals surface area (Å²) < 4.78 is 0. The van der Waals surface area contributed by atoms with E-state index in [-0.39, 0.29) is 5.54 Å². The first kappa shape index (κ1) is 13.1. The lowest BCUT2D eigenvalue weighted by atomic mass is 10.0. The van der Waals surface area contributed by atoms with Crippen LogP contribution in [0.4, 0.5) is 0 Å². The molecule has 1 aromatic heterocycles. The number of nitrogens with one attached hydrogen (secondary N) is 1. The van der Waals surface area contributed by atoms with E-state index in [1.54, 1.807) is 0 Å². The van der Waals surface area contributed by atoms with Crippen LogP contribution in [0.1, 0.15) is 43.0 Å². The molecule has 1 aliphatic heterocycles. The average Bonchev–Trinajstić information content (AvgIpc) is 2.59. The maximum absolute atomic E-state index is 3.62. The zero-order valence-electron chi connectivity index (χ0n) is 11.4. The van der Waals surface area contributed by atoms with Crippen LogP contribution < -0.4 is 5.32 Å². The van der Waals surface area contributed by atoms with Crippen LogP contribution in [0, 0.1) is 6.92 Å². The van der Waals surface area contributed by atoms with E-state index >= 15 is 0 Å². The Balaban J connectivity index is 2.10. The molecule has 0 aliphatic carbocycles. The number of nitrogens with zero attached hydrogens (tertiary/aromatic N) is 1. The van der Waals surface area contributed by atoms with Crippen molar-refractivity contribution in [1.29, 1.82) is 0 Å². The Hall–Kier alpha value is -0.380. The lowest BCUT2D eigenvalue weighted by Crippen LogP contribution is -2.46. The van der Waals surface area contributed by atoms with Gasteiger partial charge in [0, 0.05) is 34.4 Å². The highest BCUT2D eigenvalue weighted by Crippen LogP contribution is 2.29. The minimum Gasteiger partial charge on any atom is -0.310 e. The summed E-state index contributed by atoms with van der Waals surface area (Å²) in [5, 5.41) is 3.62. The van der Waals surface area contributed by atoms with Gasteiger partial charge in [-0.1, -0.05) is 0 Å². The summed E-state index contributed by atoms with van der Waals surface area (Å²) in [6.07, 6.45) is 1.25. The largest absolute Gasteiger partial charge is 0.310 e. The predicted molar refractivity (Wildman–Crippen MR) is 75.7 cm³/mol. The van der Waals surface area contributed by atoms with Crippen LogP contribution in [-0.4, -0.2) is 30.1 Å². The Morgan fingerprint density at radius 3 is 2.82 bits per heavy atom. The normalized spacial score (nSPS) is 23.3.